The lowest BCUT2D eigenvalue weighted by Crippen LogP contribution is -2.29. The molecule has 1 aromatic carbocycles. The molecule has 0 aliphatic heterocycles. The molecule has 1 amide bonds. The molecule has 0 fully saturated rings. The first-order valence-electron chi connectivity index (χ1n) is 6.24. The van der Waals surface area contributed by atoms with Gasteiger partial charge in [-0.25, -0.2) is 0 Å². The van der Waals surface area contributed by atoms with Crippen molar-refractivity contribution in [3.63, 3.8) is 0 Å². The van der Waals surface area contributed by atoms with Gasteiger partial charge < -0.3 is 9.47 Å². The van der Waals surface area contributed by atoms with E-state index in [0.717, 1.165) is 12.0 Å². The molecule has 20 heavy (non-hydrogen) atoms. The highest BCUT2D eigenvalue weighted by molar-refractivity contribution is 6.04. The van der Waals surface area contributed by atoms with Gasteiger partial charge in [0.2, 0.25) is 0 Å². The largest absolute Gasteiger partial charge is 0.341 e. The maximum absolute atomic E-state index is 12.3. The Balaban J connectivity index is 2.10. The lowest BCUT2D eigenvalue weighted by molar-refractivity contribution is -0.115. The normalized spacial score (nSPS) is 10.1. The van der Waals surface area contributed by atoms with Gasteiger partial charge >= 0.3 is 0 Å². The third-order valence-electron chi connectivity index (χ3n) is 3.10. The molecule has 4 heteroatoms. The first kappa shape index (κ1) is 13.8. The summed E-state index contributed by atoms with van der Waals surface area (Å²) in [6, 6.07) is 12.8. The predicted molar refractivity (Wildman–Crippen MR) is 78.8 cm³/mol. The van der Waals surface area contributed by atoms with E-state index in [1.165, 1.54) is 0 Å². The molecule has 0 N–H and O–H groups in total. The van der Waals surface area contributed by atoms with Gasteiger partial charge in [0.25, 0.3) is 5.91 Å². The second-order valence-corrected chi connectivity index (χ2v) is 4.48. The Labute approximate surface area is 117 Å². The number of aldehydes is 1. The number of rotatable bonds is 5. The fourth-order valence-corrected chi connectivity index (χ4v) is 1.96. The molecule has 0 unspecified atom stereocenters. The minimum Gasteiger partial charge on any atom is -0.341 e. The summed E-state index contributed by atoms with van der Waals surface area (Å²) in [7, 11) is 1.71. The van der Waals surface area contributed by atoms with Crippen LogP contribution in [0.2, 0.25) is 0 Å². The third kappa shape index (κ3) is 2.85. The lowest BCUT2D eigenvalue weighted by Gasteiger charge is -2.19. The molecule has 0 saturated carbocycles. The predicted octanol–water partition coefficient (Wildman–Crippen LogP) is 2.52. The molecule has 0 aliphatic carbocycles. The number of carbonyl (C=O) groups excluding carboxylic acids is 2. The van der Waals surface area contributed by atoms with E-state index in [9.17, 15) is 9.59 Å². The van der Waals surface area contributed by atoms with Crippen molar-refractivity contribution in [2.45, 2.75) is 6.54 Å². The number of hydrogen-bond acceptors (Lipinski definition) is 2. The number of hydrogen-bond donors (Lipinski definition) is 0. The smallest absolute Gasteiger partial charge is 0.255 e. The summed E-state index contributed by atoms with van der Waals surface area (Å²) < 4.78 is 1.70. The van der Waals surface area contributed by atoms with Crippen LogP contribution in [0.1, 0.15) is 10.5 Å². The number of nitrogens with zero attached hydrogens (tertiary/aromatic N) is 2. The summed E-state index contributed by atoms with van der Waals surface area (Å²) in [6.45, 7) is 4.13. The summed E-state index contributed by atoms with van der Waals surface area (Å²) in [4.78, 5) is 24.7. The lowest BCUT2D eigenvalue weighted by atomic mass is 10.2. The van der Waals surface area contributed by atoms with Crippen LogP contribution in [0, 0.1) is 0 Å². The van der Waals surface area contributed by atoms with Gasteiger partial charge in [0.05, 0.1) is 12.2 Å². The highest BCUT2D eigenvalue weighted by Crippen LogP contribution is 2.14. The molecular formula is C16H16N2O2. The van der Waals surface area contributed by atoms with Crippen molar-refractivity contribution >= 4 is 17.9 Å². The molecule has 1 heterocycles. The number of carbonyl (C=O) groups is 2. The second kappa shape index (κ2) is 6.02. The highest BCUT2D eigenvalue weighted by Gasteiger charge is 2.15. The van der Waals surface area contributed by atoms with Gasteiger partial charge in [-0.2, -0.15) is 0 Å². The van der Waals surface area contributed by atoms with Gasteiger partial charge in [-0.1, -0.05) is 24.8 Å². The standard InChI is InChI=1S/C16H16N2O2/c1-13(11-18-10-6-9-15(18)12-19)16(20)17(2)14-7-4-3-5-8-14/h3-10,12H,1,11H2,2H3. The SMILES string of the molecule is C=C(Cn1cccc1C=O)C(=O)N(C)c1ccccc1. The van der Waals surface area contributed by atoms with Crippen molar-refractivity contribution in [3.05, 3.63) is 66.5 Å². The minimum absolute atomic E-state index is 0.165. The summed E-state index contributed by atoms with van der Waals surface area (Å²) in [6.07, 6.45) is 2.52. The molecule has 0 aliphatic rings. The zero-order chi connectivity index (χ0) is 14.5. The Hall–Kier alpha value is -2.62. The number of para-hydroxylation sites is 1. The van der Waals surface area contributed by atoms with Crippen LogP contribution >= 0.6 is 0 Å². The van der Waals surface area contributed by atoms with Crippen molar-refractivity contribution in [2.75, 3.05) is 11.9 Å². The summed E-state index contributed by atoms with van der Waals surface area (Å²) in [5.74, 6) is -0.165. The van der Waals surface area contributed by atoms with E-state index >= 15 is 0 Å². The first-order chi connectivity index (χ1) is 9.63. The van der Waals surface area contributed by atoms with Crippen molar-refractivity contribution in [1.29, 1.82) is 0 Å². The summed E-state index contributed by atoms with van der Waals surface area (Å²) >= 11 is 0. The number of aromatic nitrogens is 1. The highest BCUT2D eigenvalue weighted by atomic mass is 16.2. The molecule has 102 valence electrons. The van der Waals surface area contributed by atoms with E-state index in [4.69, 9.17) is 0 Å². The Bertz CT molecular complexity index is 629. The van der Waals surface area contributed by atoms with Crippen molar-refractivity contribution in [2.24, 2.45) is 0 Å². The van der Waals surface area contributed by atoms with Crippen molar-refractivity contribution in [1.82, 2.24) is 4.57 Å². The maximum Gasteiger partial charge on any atom is 0.255 e. The average molecular weight is 268 g/mol. The summed E-state index contributed by atoms with van der Waals surface area (Å²) in [5, 5.41) is 0. The van der Waals surface area contributed by atoms with E-state index in [1.807, 2.05) is 30.3 Å². The Morgan fingerprint density at radius 1 is 1.25 bits per heavy atom. The topological polar surface area (TPSA) is 42.3 Å². The van der Waals surface area contributed by atoms with E-state index < -0.39 is 0 Å². The Kier molecular flexibility index (Phi) is 4.15. The van der Waals surface area contributed by atoms with Gasteiger partial charge in [-0.3, -0.25) is 9.59 Å². The van der Waals surface area contributed by atoms with Crippen LogP contribution in [0.25, 0.3) is 0 Å². The zero-order valence-electron chi connectivity index (χ0n) is 11.3. The Morgan fingerprint density at radius 2 is 1.95 bits per heavy atom. The van der Waals surface area contributed by atoms with Crippen LogP contribution in [0.3, 0.4) is 0 Å². The Morgan fingerprint density at radius 3 is 2.60 bits per heavy atom. The maximum atomic E-state index is 12.3. The van der Waals surface area contributed by atoms with Crippen LogP contribution in [0.15, 0.2) is 60.8 Å². The van der Waals surface area contributed by atoms with Crippen LogP contribution in [-0.2, 0) is 11.3 Å². The van der Waals surface area contributed by atoms with Gasteiger partial charge in [-0.05, 0) is 24.3 Å². The van der Waals surface area contributed by atoms with Gasteiger partial charge in [0.1, 0.15) is 0 Å². The monoisotopic (exact) mass is 268 g/mol. The third-order valence-corrected chi connectivity index (χ3v) is 3.10. The number of anilines is 1. The van der Waals surface area contributed by atoms with Crippen LogP contribution in [0.5, 0.6) is 0 Å². The van der Waals surface area contributed by atoms with Crippen molar-refractivity contribution < 1.29 is 9.59 Å². The number of likely N-dealkylation sites (N-methyl/N-ethyl adjacent to an activating group) is 1. The van der Waals surface area contributed by atoms with Gasteiger partial charge in [0.15, 0.2) is 6.29 Å². The number of amides is 1. The molecule has 0 bridgehead atoms. The van der Waals surface area contributed by atoms with Crippen LogP contribution in [0.4, 0.5) is 5.69 Å². The van der Waals surface area contributed by atoms with E-state index in [2.05, 4.69) is 6.58 Å². The zero-order valence-corrected chi connectivity index (χ0v) is 11.3. The first-order valence-corrected chi connectivity index (χ1v) is 6.24. The molecule has 0 radical (unpaired) electrons. The molecule has 0 spiro atoms. The van der Waals surface area contributed by atoms with E-state index in [1.54, 1.807) is 34.8 Å². The van der Waals surface area contributed by atoms with Crippen LogP contribution < -0.4 is 4.90 Å². The molecule has 0 atom stereocenters. The fourth-order valence-electron chi connectivity index (χ4n) is 1.96. The number of benzene rings is 1. The quantitative estimate of drug-likeness (QED) is 0.617. The molecule has 2 rings (SSSR count). The molecule has 4 nitrogen and oxygen atoms in total. The average Bonchev–Trinajstić information content (AvgIpc) is 2.93. The molecular weight excluding hydrogens is 252 g/mol. The molecule has 1 aromatic heterocycles. The fraction of sp³-hybridized carbons (Fsp3) is 0.125. The van der Waals surface area contributed by atoms with Crippen LogP contribution in [-0.4, -0.2) is 23.8 Å². The summed E-state index contributed by atoms with van der Waals surface area (Å²) in [5.41, 5.74) is 1.76. The molecule has 2 aromatic rings. The second-order valence-electron chi connectivity index (χ2n) is 4.48. The van der Waals surface area contributed by atoms with Crippen molar-refractivity contribution in [3.8, 4) is 0 Å². The van der Waals surface area contributed by atoms with E-state index in [0.29, 0.717) is 17.8 Å². The van der Waals surface area contributed by atoms with Gasteiger partial charge in [-0.15, -0.1) is 0 Å². The molecule has 0 saturated heterocycles. The van der Waals surface area contributed by atoms with Gasteiger partial charge in [0, 0.05) is 24.5 Å². The minimum atomic E-state index is -0.165. The van der Waals surface area contributed by atoms with E-state index in [-0.39, 0.29) is 5.91 Å².